The third kappa shape index (κ3) is 6.02. The fraction of sp³-hybridized carbons (Fsp3) is 0.364. The van der Waals surface area contributed by atoms with E-state index in [0.29, 0.717) is 58.7 Å². The van der Waals surface area contributed by atoms with Gasteiger partial charge in [-0.15, -0.1) is 10.2 Å². The SMILES string of the molecule is COc1ccc(-c2nn[nH]n2)cc1C(=O)N1CCC(CCN2CCC(C(N)=O)(c3ccccc3)CC2)(c2ccc(Cl)c(Cl)c2)C1. The lowest BCUT2D eigenvalue weighted by molar-refractivity contribution is -0.125. The van der Waals surface area contributed by atoms with E-state index in [0.717, 1.165) is 43.6 Å². The van der Waals surface area contributed by atoms with Crippen LogP contribution in [-0.2, 0) is 15.6 Å². The van der Waals surface area contributed by atoms with Gasteiger partial charge in [0, 0.05) is 24.1 Å². The molecule has 0 radical (unpaired) electrons. The molecule has 4 aromatic rings. The van der Waals surface area contributed by atoms with Crippen LogP contribution in [0.1, 0.15) is 47.2 Å². The zero-order chi connectivity index (χ0) is 31.6. The number of methoxy groups -OCH3 is 1. The molecule has 3 N–H and O–H groups in total. The maximum absolute atomic E-state index is 14.0. The fourth-order valence-corrected chi connectivity index (χ4v) is 7.19. The van der Waals surface area contributed by atoms with Gasteiger partial charge in [0.25, 0.3) is 5.91 Å². The van der Waals surface area contributed by atoms with Crippen LogP contribution >= 0.6 is 23.2 Å². The average molecular weight is 649 g/mol. The van der Waals surface area contributed by atoms with Crippen molar-refractivity contribution in [3.05, 3.63) is 93.5 Å². The largest absolute Gasteiger partial charge is 0.496 e. The number of tetrazole rings is 1. The van der Waals surface area contributed by atoms with Gasteiger partial charge in [0.2, 0.25) is 11.7 Å². The molecule has 1 atom stereocenters. The van der Waals surface area contributed by atoms with E-state index in [-0.39, 0.29) is 17.2 Å². The number of aromatic nitrogens is 4. The van der Waals surface area contributed by atoms with E-state index in [9.17, 15) is 9.59 Å². The van der Waals surface area contributed by atoms with Crippen molar-refractivity contribution in [2.24, 2.45) is 5.73 Å². The smallest absolute Gasteiger partial charge is 0.257 e. The molecule has 0 saturated carbocycles. The lowest BCUT2D eigenvalue weighted by atomic mass is 9.71. The Hall–Kier alpha value is -3.99. The van der Waals surface area contributed by atoms with Crippen molar-refractivity contribution in [3.8, 4) is 17.1 Å². The normalized spacial score (nSPS) is 19.8. The number of hydrogen-bond acceptors (Lipinski definition) is 7. The lowest BCUT2D eigenvalue weighted by Crippen LogP contribution is -2.50. The molecule has 2 fully saturated rings. The molecule has 6 rings (SSSR count). The highest BCUT2D eigenvalue weighted by molar-refractivity contribution is 6.42. The van der Waals surface area contributed by atoms with Gasteiger partial charge in [-0.2, -0.15) is 5.21 Å². The van der Waals surface area contributed by atoms with E-state index < -0.39 is 5.41 Å². The van der Waals surface area contributed by atoms with Crippen molar-refractivity contribution < 1.29 is 14.3 Å². The molecule has 2 saturated heterocycles. The van der Waals surface area contributed by atoms with Crippen molar-refractivity contribution in [3.63, 3.8) is 0 Å². The van der Waals surface area contributed by atoms with Crippen LogP contribution in [-0.4, -0.2) is 82.1 Å². The number of rotatable bonds is 9. The predicted octanol–water partition coefficient (Wildman–Crippen LogP) is 4.88. The Morgan fingerprint density at radius 3 is 2.40 bits per heavy atom. The molecule has 2 aliphatic rings. The fourth-order valence-electron chi connectivity index (χ4n) is 6.89. The number of nitrogens with two attached hydrogens (primary N) is 1. The number of halogens is 2. The van der Waals surface area contributed by atoms with Crippen molar-refractivity contribution in [2.45, 2.75) is 36.5 Å². The Morgan fingerprint density at radius 1 is 0.956 bits per heavy atom. The number of hydrogen-bond donors (Lipinski definition) is 2. The van der Waals surface area contributed by atoms with Crippen molar-refractivity contribution in [1.29, 1.82) is 0 Å². The van der Waals surface area contributed by atoms with Gasteiger partial charge in [-0.1, -0.05) is 59.6 Å². The van der Waals surface area contributed by atoms with E-state index in [2.05, 4.69) is 25.5 Å². The third-order valence-corrected chi connectivity index (χ3v) is 10.4. The summed E-state index contributed by atoms with van der Waals surface area (Å²) in [4.78, 5) is 31.0. The van der Waals surface area contributed by atoms with E-state index in [4.69, 9.17) is 33.7 Å². The summed E-state index contributed by atoms with van der Waals surface area (Å²) in [5.74, 6) is 0.465. The summed E-state index contributed by atoms with van der Waals surface area (Å²) in [6.45, 7) is 3.36. The van der Waals surface area contributed by atoms with Gasteiger partial charge < -0.3 is 20.3 Å². The minimum absolute atomic E-state index is 0.133. The number of amides is 2. The number of ether oxygens (including phenoxy) is 1. The number of nitrogens with zero attached hydrogens (tertiary/aromatic N) is 5. The Bertz CT molecular complexity index is 1680. The van der Waals surface area contributed by atoms with Crippen molar-refractivity contribution in [1.82, 2.24) is 30.4 Å². The van der Waals surface area contributed by atoms with Gasteiger partial charge in [-0.3, -0.25) is 9.59 Å². The number of piperidine rings is 1. The minimum atomic E-state index is -0.662. The summed E-state index contributed by atoms with van der Waals surface area (Å²) in [6, 6.07) is 20.9. The highest BCUT2D eigenvalue weighted by Gasteiger charge is 2.44. The Labute approximate surface area is 271 Å². The predicted molar refractivity (Wildman–Crippen MR) is 172 cm³/mol. The van der Waals surface area contributed by atoms with Crippen LogP contribution < -0.4 is 10.5 Å². The topological polar surface area (TPSA) is 130 Å². The number of nitrogens with one attached hydrogen (secondary N) is 1. The zero-order valence-electron chi connectivity index (χ0n) is 25.0. The van der Waals surface area contributed by atoms with Crippen LogP contribution in [0.3, 0.4) is 0 Å². The molecule has 0 aliphatic carbocycles. The molecule has 0 bridgehead atoms. The molecule has 1 aromatic heterocycles. The van der Waals surface area contributed by atoms with E-state index in [1.54, 1.807) is 25.3 Å². The van der Waals surface area contributed by atoms with E-state index in [1.165, 1.54) is 0 Å². The van der Waals surface area contributed by atoms with Crippen LogP contribution in [0.4, 0.5) is 0 Å². The Balaban J connectivity index is 1.23. The van der Waals surface area contributed by atoms with Gasteiger partial charge in [0.15, 0.2) is 0 Å². The van der Waals surface area contributed by atoms with Gasteiger partial charge in [-0.05, 0) is 92.0 Å². The molecule has 10 nitrogen and oxygen atoms in total. The monoisotopic (exact) mass is 647 g/mol. The van der Waals surface area contributed by atoms with Gasteiger partial charge in [0.1, 0.15) is 5.75 Å². The summed E-state index contributed by atoms with van der Waals surface area (Å²) >= 11 is 12.8. The standard InChI is InChI=1S/C33H35Cl2N7O3/c1-45-28-10-7-22(29-37-39-40-38-29)19-25(28)30(43)42-18-12-32(21-42,24-8-9-26(34)27(35)20-24)11-15-41-16-13-33(14-17-41,31(36)44)23-5-3-2-4-6-23/h2-10,19-20H,11-18,21H2,1H3,(H2,36,44)(H,37,38,39,40). The second-order valence-electron chi connectivity index (χ2n) is 11.9. The molecular formula is C33H35Cl2N7O3. The molecule has 3 heterocycles. The van der Waals surface area contributed by atoms with Gasteiger partial charge >= 0.3 is 0 Å². The first-order valence-electron chi connectivity index (χ1n) is 15.0. The summed E-state index contributed by atoms with van der Waals surface area (Å²) in [6.07, 6.45) is 2.87. The maximum atomic E-state index is 14.0. The second-order valence-corrected chi connectivity index (χ2v) is 12.8. The first kappa shape index (κ1) is 31.0. The van der Waals surface area contributed by atoms with Crippen LogP contribution in [0, 0.1) is 0 Å². The van der Waals surface area contributed by atoms with Crippen LogP contribution in [0.25, 0.3) is 11.4 Å². The molecule has 3 aromatic carbocycles. The van der Waals surface area contributed by atoms with E-state index in [1.807, 2.05) is 53.4 Å². The summed E-state index contributed by atoms with van der Waals surface area (Å²) in [5.41, 5.74) is 8.10. The zero-order valence-corrected chi connectivity index (χ0v) is 26.5. The lowest BCUT2D eigenvalue weighted by Gasteiger charge is -2.41. The Kier molecular flexibility index (Phi) is 8.81. The number of likely N-dealkylation sites (tertiary alicyclic amines) is 2. The van der Waals surface area contributed by atoms with Gasteiger partial charge in [0.05, 0.1) is 28.1 Å². The molecule has 2 aliphatic heterocycles. The van der Waals surface area contributed by atoms with Gasteiger partial charge in [-0.25, -0.2) is 0 Å². The molecule has 2 amide bonds. The van der Waals surface area contributed by atoms with Crippen LogP contribution in [0.5, 0.6) is 5.75 Å². The molecule has 12 heteroatoms. The van der Waals surface area contributed by atoms with Crippen LogP contribution in [0.15, 0.2) is 66.7 Å². The summed E-state index contributed by atoms with van der Waals surface area (Å²) < 4.78 is 5.57. The summed E-state index contributed by atoms with van der Waals surface area (Å²) in [5, 5.41) is 15.2. The number of aromatic amines is 1. The second kappa shape index (κ2) is 12.8. The highest BCUT2D eigenvalue weighted by Crippen LogP contribution is 2.42. The first-order valence-corrected chi connectivity index (χ1v) is 15.7. The van der Waals surface area contributed by atoms with E-state index >= 15 is 0 Å². The number of carbonyl (C=O) groups is 2. The minimum Gasteiger partial charge on any atom is -0.496 e. The molecule has 234 valence electrons. The molecule has 0 spiro atoms. The van der Waals surface area contributed by atoms with Crippen LogP contribution in [0.2, 0.25) is 10.0 Å². The molecular weight excluding hydrogens is 613 g/mol. The average Bonchev–Trinajstić information content (AvgIpc) is 3.77. The van der Waals surface area contributed by atoms with Crippen molar-refractivity contribution >= 4 is 35.0 Å². The number of benzene rings is 3. The Morgan fingerprint density at radius 2 is 1.73 bits per heavy atom. The number of carbonyl (C=O) groups excluding carboxylic acids is 2. The molecule has 1 unspecified atom stereocenters. The molecule has 45 heavy (non-hydrogen) atoms. The number of primary amides is 1. The number of H-pyrrole nitrogens is 1. The quantitative estimate of drug-likeness (QED) is 0.265. The first-order chi connectivity index (χ1) is 21.7. The summed E-state index contributed by atoms with van der Waals surface area (Å²) in [7, 11) is 1.55. The van der Waals surface area contributed by atoms with Crippen molar-refractivity contribution in [2.75, 3.05) is 39.8 Å². The third-order valence-electron chi connectivity index (χ3n) is 9.62. The highest BCUT2D eigenvalue weighted by atomic mass is 35.5. The maximum Gasteiger partial charge on any atom is 0.257 e.